The minimum atomic E-state index is -1.27. The minimum Gasteiger partial charge on any atom is -0.360 e. The zero-order chi connectivity index (χ0) is 11.8. The Labute approximate surface area is 95.7 Å². The van der Waals surface area contributed by atoms with Crippen molar-refractivity contribution in [3.05, 3.63) is 42.0 Å². The fourth-order valence-corrected chi connectivity index (χ4v) is 1.52. The molecule has 0 saturated carbocycles. The van der Waals surface area contributed by atoms with Crippen molar-refractivity contribution in [1.82, 2.24) is 5.48 Å². The molecule has 3 heteroatoms. The van der Waals surface area contributed by atoms with Crippen molar-refractivity contribution in [2.24, 2.45) is 5.41 Å². The first-order valence-electron chi connectivity index (χ1n) is 5.37. The number of hydrogen-bond donors (Lipinski definition) is 2. The Hall–Kier alpha value is -1.32. The molecule has 1 aromatic carbocycles. The largest absolute Gasteiger partial charge is 0.360 e. The molecule has 1 aliphatic heterocycles. The summed E-state index contributed by atoms with van der Waals surface area (Å²) >= 11 is 0. The first kappa shape index (κ1) is 11.2. The van der Waals surface area contributed by atoms with Crippen LogP contribution in [0.25, 0.3) is 5.70 Å². The van der Waals surface area contributed by atoms with Crippen LogP contribution in [0, 0.1) is 5.41 Å². The van der Waals surface area contributed by atoms with Crippen molar-refractivity contribution in [3.63, 3.8) is 0 Å². The summed E-state index contributed by atoms with van der Waals surface area (Å²) in [5.41, 5.74) is 4.21. The number of hydrogen-bond acceptors (Lipinski definition) is 3. The van der Waals surface area contributed by atoms with Gasteiger partial charge in [0, 0.05) is 11.5 Å². The van der Waals surface area contributed by atoms with E-state index in [9.17, 15) is 5.11 Å². The molecule has 1 atom stereocenters. The lowest BCUT2D eigenvalue weighted by molar-refractivity contribution is -0.236. The van der Waals surface area contributed by atoms with Crippen LogP contribution in [0.1, 0.15) is 26.3 Å². The van der Waals surface area contributed by atoms with Crippen LogP contribution in [0.2, 0.25) is 0 Å². The highest BCUT2D eigenvalue weighted by molar-refractivity contribution is 5.65. The summed E-state index contributed by atoms with van der Waals surface area (Å²) in [7, 11) is 0. The van der Waals surface area contributed by atoms with Crippen LogP contribution in [-0.2, 0) is 4.84 Å². The first-order valence-corrected chi connectivity index (χ1v) is 5.37. The highest BCUT2D eigenvalue weighted by Gasteiger charge is 2.44. The van der Waals surface area contributed by atoms with E-state index in [1.165, 1.54) is 0 Å². The molecule has 16 heavy (non-hydrogen) atoms. The molecular formula is C13H17NO2. The van der Waals surface area contributed by atoms with Gasteiger partial charge in [-0.1, -0.05) is 51.1 Å². The van der Waals surface area contributed by atoms with Gasteiger partial charge in [0.05, 0.1) is 5.70 Å². The Balaban J connectivity index is 2.32. The maximum absolute atomic E-state index is 10.3. The van der Waals surface area contributed by atoms with E-state index in [2.05, 4.69) is 5.48 Å². The highest BCUT2D eigenvalue weighted by Crippen LogP contribution is 2.37. The maximum atomic E-state index is 10.3. The Morgan fingerprint density at radius 2 is 1.81 bits per heavy atom. The number of hydroxylamine groups is 1. The summed E-state index contributed by atoms with van der Waals surface area (Å²) in [4.78, 5) is 5.28. The van der Waals surface area contributed by atoms with Crippen LogP contribution in [-0.4, -0.2) is 10.9 Å². The lowest BCUT2D eigenvalue weighted by atomic mass is 9.85. The molecule has 2 rings (SSSR count). The van der Waals surface area contributed by atoms with Crippen LogP contribution in [0.15, 0.2) is 36.4 Å². The van der Waals surface area contributed by atoms with Gasteiger partial charge in [-0.15, -0.1) is 0 Å². The first-order chi connectivity index (χ1) is 7.42. The topological polar surface area (TPSA) is 41.5 Å². The van der Waals surface area contributed by atoms with E-state index in [0.29, 0.717) is 0 Å². The molecule has 0 spiro atoms. The van der Waals surface area contributed by atoms with E-state index in [4.69, 9.17) is 4.84 Å². The van der Waals surface area contributed by atoms with Crippen molar-refractivity contribution in [2.45, 2.75) is 26.6 Å². The van der Waals surface area contributed by atoms with E-state index in [-0.39, 0.29) is 5.41 Å². The molecule has 1 aliphatic rings. The predicted molar refractivity (Wildman–Crippen MR) is 63.0 cm³/mol. The molecule has 0 aromatic heterocycles. The molecule has 1 heterocycles. The summed E-state index contributed by atoms with van der Waals surface area (Å²) in [6, 6.07) is 9.79. The summed E-state index contributed by atoms with van der Waals surface area (Å²) < 4.78 is 0. The molecule has 0 bridgehead atoms. The normalized spacial score (nSPS) is 25.1. The Bertz CT molecular complexity index is 406. The van der Waals surface area contributed by atoms with Gasteiger partial charge in [-0.3, -0.25) is 5.48 Å². The lowest BCUT2D eigenvalue weighted by Crippen LogP contribution is -2.42. The van der Waals surface area contributed by atoms with Gasteiger partial charge in [-0.25, -0.2) is 4.84 Å². The van der Waals surface area contributed by atoms with Gasteiger partial charge in [-0.05, 0) is 5.56 Å². The van der Waals surface area contributed by atoms with Crippen LogP contribution in [0.4, 0.5) is 0 Å². The third-order valence-corrected chi connectivity index (χ3v) is 2.82. The van der Waals surface area contributed by atoms with Gasteiger partial charge in [0.15, 0.2) is 0 Å². The number of aliphatic hydroxyl groups is 1. The second-order valence-corrected chi connectivity index (χ2v) is 5.07. The van der Waals surface area contributed by atoms with Crippen LogP contribution in [0.3, 0.4) is 0 Å². The molecule has 1 aromatic rings. The minimum absolute atomic E-state index is 0.378. The average molecular weight is 219 g/mol. The molecule has 2 N–H and O–H groups in total. The Kier molecular flexibility index (Phi) is 2.52. The van der Waals surface area contributed by atoms with Gasteiger partial charge in [0.1, 0.15) is 0 Å². The molecule has 86 valence electrons. The number of nitrogens with one attached hydrogen (secondary N) is 1. The van der Waals surface area contributed by atoms with E-state index >= 15 is 0 Å². The monoisotopic (exact) mass is 219 g/mol. The summed E-state index contributed by atoms with van der Waals surface area (Å²) in [6.45, 7) is 5.79. The SMILES string of the molecule is CC(C)(C)C1(O)C=C(c2ccccc2)NO1. The lowest BCUT2D eigenvalue weighted by Gasteiger charge is -2.32. The number of rotatable bonds is 1. The van der Waals surface area contributed by atoms with E-state index in [1.807, 2.05) is 51.1 Å². The zero-order valence-electron chi connectivity index (χ0n) is 9.82. The molecule has 1 unspecified atom stereocenters. The van der Waals surface area contributed by atoms with E-state index in [0.717, 1.165) is 11.3 Å². The van der Waals surface area contributed by atoms with Gasteiger partial charge in [0.25, 0.3) is 0 Å². The smallest absolute Gasteiger partial charge is 0.217 e. The third kappa shape index (κ3) is 1.84. The summed E-state index contributed by atoms with van der Waals surface area (Å²) in [6.07, 6.45) is 1.72. The van der Waals surface area contributed by atoms with E-state index in [1.54, 1.807) is 6.08 Å². The van der Waals surface area contributed by atoms with Gasteiger partial charge in [-0.2, -0.15) is 0 Å². The predicted octanol–water partition coefficient (Wildman–Crippen LogP) is 2.30. The average Bonchev–Trinajstić information content (AvgIpc) is 2.63. The Morgan fingerprint density at radius 3 is 2.31 bits per heavy atom. The Morgan fingerprint density at radius 1 is 1.19 bits per heavy atom. The van der Waals surface area contributed by atoms with Crippen molar-refractivity contribution >= 4 is 5.70 Å². The zero-order valence-corrected chi connectivity index (χ0v) is 9.82. The van der Waals surface area contributed by atoms with Crippen LogP contribution >= 0.6 is 0 Å². The fraction of sp³-hybridized carbons (Fsp3) is 0.385. The third-order valence-electron chi connectivity index (χ3n) is 2.82. The van der Waals surface area contributed by atoms with Crippen molar-refractivity contribution < 1.29 is 9.94 Å². The van der Waals surface area contributed by atoms with Crippen molar-refractivity contribution in [3.8, 4) is 0 Å². The second-order valence-electron chi connectivity index (χ2n) is 5.07. The van der Waals surface area contributed by atoms with Gasteiger partial charge >= 0.3 is 0 Å². The quantitative estimate of drug-likeness (QED) is 0.761. The molecule has 0 radical (unpaired) electrons. The van der Waals surface area contributed by atoms with Gasteiger partial charge in [0.2, 0.25) is 5.79 Å². The molecule has 3 nitrogen and oxygen atoms in total. The van der Waals surface area contributed by atoms with E-state index < -0.39 is 5.79 Å². The maximum Gasteiger partial charge on any atom is 0.217 e. The fourth-order valence-electron chi connectivity index (χ4n) is 1.52. The second kappa shape index (κ2) is 3.61. The molecule has 0 fully saturated rings. The van der Waals surface area contributed by atoms with Gasteiger partial charge < -0.3 is 5.11 Å². The standard InChI is InChI=1S/C13H17NO2/c1-12(2,3)13(15)9-11(14-16-13)10-7-5-4-6-8-10/h4-9,14-15H,1-3H3. The summed E-state index contributed by atoms with van der Waals surface area (Å²) in [5.74, 6) is -1.27. The van der Waals surface area contributed by atoms with Crippen LogP contribution < -0.4 is 5.48 Å². The molecule has 0 aliphatic carbocycles. The molecule has 0 amide bonds. The van der Waals surface area contributed by atoms with Crippen molar-refractivity contribution in [2.75, 3.05) is 0 Å². The summed E-state index contributed by atoms with van der Waals surface area (Å²) in [5, 5.41) is 10.3. The molecular weight excluding hydrogens is 202 g/mol. The van der Waals surface area contributed by atoms with Crippen LogP contribution in [0.5, 0.6) is 0 Å². The number of benzene rings is 1. The molecule has 0 saturated heterocycles. The highest BCUT2D eigenvalue weighted by atomic mass is 16.7. The van der Waals surface area contributed by atoms with Crippen molar-refractivity contribution in [1.29, 1.82) is 0 Å².